The zero-order valence-electron chi connectivity index (χ0n) is 5.85. The van der Waals surface area contributed by atoms with Gasteiger partial charge in [0, 0.05) is 5.92 Å². The van der Waals surface area contributed by atoms with E-state index in [4.69, 9.17) is 0 Å². The predicted octanol–water partition coefficient (Wildman–Crippen LogP) is 2.36. The first-order valence-corrected chi connectivity index (χ1v) is 4.07. The van der Waals surface area contributed by atoms with Gasteiger partial charge < -0.3 is 0 Å². The third-order valence-corrected chi connectivity index (χ3v) is 3.65. The van der Waals surface area contributed by atoms with Gasteiger partial charge in [-0.3, -0.25) is 0 Å². The Morgan fingerprint density at radius 1 is 1.33 bits per heavy atom. The third-order valence-electron chi connectivity index (χ3n) is 3.65. The average Bonchev–Trinajstić information content (AvgIpc) is 2.25. The number of hydrogen-bond acceptors (Lipinski definition) is 0. The van der Waals surface area contributed by atoms with E-state index in [0.29, 0.717) is 0 Å². The van der Waals surface area contributed by atoms with Crippen LogP contribution in [0.5, 0.6) is 0 Å². The number of allylic oxidation sites excluding steroid dienone is 2. The van der Waals surface area contributed by atoms with Gasteiger partial charge in [0.05, 0.1) is 0 Å². The smallest absolute Gasteiger partial charge is 0.00410 e. The Morgan fingerprint density at radius 3 is 2.67 bits per heavy atom. The Bertz CT molecular complexity index is 200. The molecule has 0 amide bonds. The van der Waals surface area contributed by atoms with Gasteiger partial charge in [0.25, 0.3) is 0 Å². The van der Waals surface area contributed by atoms with Gasteiger partial charge in [0.2, 0.25) is 0 Å². The molecule has 3 atom stereocenters. The maximum absolute atomic E-state index is 2.33. The molecule has 3 rings (SSSR count). The van der Waals surface area contributed by atoms with Gasteiger partial charge in [-0.15, -0.1) is 0 Å². The number of hydrogen-bond donors (Lipinski definition) is 0. The van der Waals surface area contributed by atoms with Crippen LogP contribution in [-0.4, -0.2) is 0 Å². The lowest BCUT2D eigenvalue weighted by Gasteiger charge is -2.32. The fourth-order valence-electron chi connectivity index (χ4n) is 2.85. The second kappa shape index (κ2) is 1.12. The molecule has 0 N–H and O–H groups in total. The van der Waals surface area contributed by atoms with Gasteiger partial charge in [-0.25, -0.2) is 0 Å². The number of fused-ring (bicyclic) bond motifs is 3. The zero-order chi connectivity index (χ0) is 6.01. The summed E-state index contributed by atoms with van der Waals surface area (Å²) in [5, 5.41) is 0. The summed E-state index contributed by atoms with van der Waals surface area (Å²) in [6.07, 6.45) is 4.56. The minimum atomic E-state index is 1.05. The third kappa shape index (κ3) is 0.357. The quantitative estimate of drug-likeness (QED) is 0.430. The van der Waals surface area contributed by atoms with E-state index in [1.807, 2.05) is 5.57 Å². The first-order valence-electron chi connectivity index (χ1n) is 4.07. The molecule has 0 radical (unpaired) electrons. The highest BCUT2D eigenvalue weighted by Crippen LogP contribution is 2.64. The van der Waals surface area contributed by atoms with Crippen LogP contribution in [0.1, 0.15) is 26.2 Å². The van der Waals surface area contributed by atoms with Gasteiger partial charge in [0.1, 0.15) is 0 Å². The molecule has 0 spiro atoms. The van der Waals surface area contributed by atoms with Crippen molar-refractivity contribution in [3.05, 3.63) is 11.1 Å². The normalized spacial score (nSPS) is 52.3. The highest BCUT2D eigenvalue weighted by molar-refractivity contribution is 5.45. The van der Waals surface area contributed by atoms with Gasteiger partial charge in [-0.1, -0.05) is 11.1 Å². The van der Waals surface area contributed by atoms with Crippen LogP contribution in [0.4, 0.5) is 0 Å². The van der Waals surface area contributed by atoms with Crippen molar-refractivity contribution >= 4 is 0 Å². The van der Waals surface area contributed by atoms with Gasteiger partial charge in [0.15, 0.2) is 0 Å². The summed E-state index contributed by atoms with van der Waals surface area (Å²) >= 11 is 0. The molecule has 3 unspecified atom stereocenters. The van der Waals surface area contributed by atoms with Gasteiger partial charge in [-0.05, 0) is 38.0 Å². The fraction of sp³-hybridized carbons (Fsp3) is 0.778. The molecule has 0 aliphatic heterocycles. The van der Waals surface area contributed by atoms with E-state index in [1.165, 1.54) is 19.3 Å². The minimum absolute atomic E-state index is 1.05. The molecule has 0 heteroatoms. The van der Waals surface area contributed by atoms with Crippen LogP contribution in [0.25, 0.3) is 0 Å². The standard InChI is InChI=1S/C9H12/c1-5-8-4-6-2-3-7(6)9(5)8/h6-7,9H,2-4H2,1H3. The molecule has 0 heterocycles. The summed E-state index contributed by atoms with van der Waals surface area (Å²) in [6, 6.07) is 0. The molecule has 2 fully saturated rings. The maximum Gasteiger partial charge on any atom is 0.00410 e. The van der Waals surface area contributed by atoms with Crippen molar-refractivity contribution in [2.24, 2.45) is 17.8 Å². The summed E-state index contributed by atoms with van der Waals surface area (Å²) in [6.45, 7) is 2.33. The van der Waals surface area contributed by atoms with E-state index in [9.17, 15) is 0 Å². The molecule has 3 aliphatic rings. The lowest BCUT2D eigenvalue weighted by Crippen LogP contribution is -2.23. The van der Waals surface area contributed by atoms with Gasteiger partial charge in [-0.2, -0.15) is 0 Å². The Morgan fingerprint density at radius 2 is 2.22 bits per heavy atom. The van der Waals surface area contributed by atoms with Crippen LogP contribution >= 0.6 is 0 Å². The van der Waals surface area contributed by atoms with E-state index in [-0.39, 0.29) is 0 Å². The molecular weight excluding hydrogens is 108 g/mol. The largest absolute Gasteiger partial charge is 0.0660 e. The Balaban J connectivity index is 1.96. The first-order chi connectivity index (χ1) is 4.38. The molecular formula is C9H12. The Labute approximate surface area is 56.0 Å². The molecule has 9 heavy (non-hydrogen) atoms. The summed E-state index contributed by atoms with van der Waals surface area (Å²) in [5.74, 6) is 3.33. The Kier molecular flexibility index (Phi) is 0.564. The maximum atomic E-state index is 2.33. The van der Waals surface area contributed by atoms with Gasteiger partial charge >= 0.3 is 0 Å². The van der Waals surface area contributed by atoms with Crippen molar-refractivity contribution in [2.75, 3.05) is 0 Å². The van der Waals surface area contributed by atoms with Crippen molar-refractivity contribution in [2.45, 2.75) is 26.2 Å². The monoisotopic (exact) mass is 120 g/mol. The van der Waals surface area contributed by atoms with Crippen molar-refractivity contribution in [1.82, 2.24) is 0 Å². The topological polar surface area (TPSA) is 0 Å². The molecule has 0 aromatic heterocycles. The SMILES string of the molecule is CC1=C2CC3CCC3C12. The minimum Gasteiger partial charge on any atom is -0.0660 e. The molecule has 0 nitrogen and oxygen atoms in total. The summed E-state index contributed by atoms with van der Waals surface area (Å²) < 4.78 is 0. The summed E-state index contributed by atoms with van der Waals surface area (Å²) in [4.78, 5) is 0. The average molecular weight is 120 g/mol. The first kappa shape index (κ1) is 4.54. The fourth-order valence-corrected chi connectivity index (χ4v) is 2.85. The molecule has 48 valence electrons. The Hall–Kier alpha value is -0.260. The highest BCUT2D eigenvalue weighted by Gasteiger charge is 2.53. The van der Waals surface area contributed by atoms with Crippen molar-refractivity contribution in [3.8, 4) is 0 Å². The molecule has 0 bridgehead atoms. The van der Waals surface area contributed by atoms with Crippen LogP contribution in [0.3, 0.4) is 0 Å². The lowest BCUT2D eigenvalue weighted by molar-refractivity contribution is 0.192. The van der Waals surface area contributed by atoms with Crippen molar-refractivity contribution in [3.63, 3.8) is 0 Å². The van der Waals surface area contributed by atoms with Crippen LogP contribution in [0, 0.1) is 17.8 Å². The molecule has 0 aromatic carbocycles. The summed E-state index contributed by atoms with van der Waals surface area (Å²) in [7, 11) is 0. The van der Waals surface area contributed by atoms with Crippen LogP contribution < -0.4 is 0 Å². The van der Waals surface area contributed by atoms with Crippen molar-refractivity contribution in [1.29, 1.82) is 0 Å². The summed E-state index contributed by atoms with van der Waals surface area (Å²) in [5.41, 5.74) is 3.61. The number of rotatable bonds is 0. The van der Waals surface area contributed by atoms with E-state index >= 15 is 0 Å². The van der Waals surface area contributed by atoms with E-state index in [1.54, 1.807) is 5.57 Å². The van der Waals surface area contributed by atoms with E-state index in [2.05, 4.69) is 6.92 Å². The van der Waals surface area contributed by atoms with E-state index < -0.39 is 0 Å². The highest BCUT2D eigenvalue weighted by atomic mass is 14.6. The molecule has 3 aliphatic carbocycles. The molecule has 2 saturated carbocycles. The lowest BCUT2D eigenvalue weighted by atomic mass is 9.73. The predicted molar refractivity (Wildman–Crippen MR) is 37.0 cm³/mol. The second-order valence-electron chi connectivity index (χ2n) is 3.89. The zero-order valence-corrected chi connectivity index (χ0v) is 5.85. The van der Waals surface area contributed by atoms with E-state index in [0.717, 1.165) is 17.8 Å². The second-order valence-corrected chi connectivity index (χ2v) is 3.89. The van der Waals surface area contributed by atoms with Crippen LogP contribution in [-0.2, 0) is 0 Å². The van der Waals surface area contributed by atoms with Crippen LogP contribution in [0.2, 0.25) is 0 Å². The molecule has 0 aromatic rings. The van der Waals surface area contributed by atoms with Crippen LogP contribution in [0.15, 0.2) is 11.1 Å². The molecule has 0 saturated heterocycles. The van der Waals surface area contributed by atoms with Crippen molar-refractivity contribution < 1.29 is 0 Å².